The first-order valence-corrected chi connectivity index (χ1v) is 8.71. The smallest absolute Gasteiger partial charge is 0.410 e. The monoisotopic (exact) mass is 326 g/mol. The van der Waals surface area contributed by atoms with Crippen LogP contribution in [-0.2, 0) is 4.74 Å². The van der Waals surface area contributed by atoms with Crippen molar-refractivity contribution >= 4 is 12.1 Å². The summed E-state index contributed by atoms with van der Waals surface area (Å²) in [6, 6.07) is 0.0607. The minimum absolute atomic E-state index is 0.0607. The van der Waals surface area contributed by atoms with Crippen LogP contribution in [0.4, 0.5) is 4.79 Å². The molecule has 0 bridgehead atoms. The highest BCUT2D eigenvalue weighted by Crippen LogP contribution is 2.12. The molecule has 0 aromatic rings. The van der Waals surface area contributed by atoms with Gasteiger partial charge in [-0.2, -0.15) is 0 Å². The lowest BCUT2D eigenvalue weighted by Gasteiger charge is -2.28. The number of ether oxygens (including phenoxy) is 1. The summed E-state index contributed by atoms with van der Waals surface area (Å²) in [4.78, 5) is 20.3. The molecule has 1 rings (SSSR count). The Kier molecular flexibility index (Phi) is 7.65. The molecule has 1 heterocycles. The number of hydrogen-bond acceptors (Lipinski definition) is 3. The van der Waals surface area contributed by atoms with Gasteiger partial charge in [-0.1, -0.05) is 12.8 Å². The van der Waals surface area contributed by atoms with Gasteiger partial charge in [0.15, 0.2) is 5.96 Å². The van der Waals surface area contributed by atoms with E-state index in [9.17, 15) is 4.79 Å². The van der Waals surface area contributed by atoms with Crippen molar-refractivity contribution in [2.45, 2.75) is 71.4 Å². The number of carbonyl (C=O) groups is 1. The second-order valence-electron chi connectivity index (χ2n) is 7.37. The third-order valence-electron chi connectivity index (χ3n) is 4.09. The third kappa shape index (κ3) is 7.57. The summed E-state index contributed by atoms with van der Waals surface area (Å²) in [5, 5.41) is 0. The van der Waals surface area contributed by atoms with Gasteiger partial charge in [-0.3, -0.25) is 4.99 Å². The number of aliphatic imine (C=N–C) groups is 1. The van der Waals surface area contributed by atoms with Crippen molar-refractivity contribution in [3.8, 4) is 0 Å². The molecule has 6 nitrogen and oxygen atoms in total. The Balaban J connectivity index is 2.40. The number of carbonyl (C=O) groups excluding carboxylic acids is 1. The Labute approximate surface area is 141 Å². The van der Waals surface area contributed by atoms with E-state index in [2.05, 4.69) is 9.89 Å². The molecule has 0 spiro atoms. The topological polar surface area (TPSA) is 71.2 Å². The van der Waals surface area contributed by atoms with Gasteiger partial charge < -0.3 is 20.3 Å². The van der Waals surface area contributed by atoms with Crippen molar-refractivity contribution in [3.05, 3.63) is 0 Å². The standard InChI is InChI=1S/C17H34N4O2/c1-14(20(5)16(22)23-17(2,3)4)10-11-19-15(18)21-12-8-6-7-9-13-21/h14H,6-13H2,1-5H3,(H2,18,19). The van der Waals surface area contributed by atoms with Gasteiger partial charge >= 0.3 is 6.09 Å². The van der Waals surface area contributed by atoms with Crippen molar-refractivity contribution in [3.63, 3.8) is 0 Å². The van der Waals surface area contributed by atoms with E-state index >= 15 is 0 Å². The Bertz CT molecular complexity index is 396. The molecule has 1 aliphatic rings. The normalized spacial score (nSPS) is 18.3. The zero-order valence-electron chi connectivity index (χ0n) is 15.5. The number of nitrogens with zero attached hydrogens (tertiary/aromatic N) is 3. The lowest BCUT2D eigenvalue weighted by Crippen LogP contribution is -2.40. The summed E-state index contributed by atoms with van der Waals surface area (Å²) in [5.74, 6) is 0.638. The fourth-order valence-electron chi connectivity index (χ4n) is 2.47. The minimum atomic E-state index is -0.472. The van der Waals surface area contributed by atoms with Crippen LogP contribution in [-0.4, -0.2) is 60.2 Å². The van der Waals surface area contributed by atoms with E-state index < -0.39 is 5.60 Å². The van der Waals surface area contributed by atoms with Crippen LogP contribution in [0.15, 0.2) is 4.99 Å². The van der Waals surface area contributed by atoms with Crippen molar-refractivity contribution in [1.82, 2.24) is 9.80 Å². The first kappa shape index (κ1) is 19.6. The van der Waals surface area contributed by atoms with E-state index in [1.165, 1.54) is 25.7 Å². The maximum absolute atomic E-state index is 12.0. The number of likely N-dealkylation sites (tertiary alicyclic amines) is 1. The van der Waals surface area contributed by atoms with Gasteiger partial charge in [-0.05, 0) is 47.0 Å². The van der Waals surface area contributed by atoms with E-state index in [4.69, 9.17) is 10.5 Å². The molecule has 1 atom stereocenters. The highest BCUT2D eigenvalue weighted by molar-refractivity contribution is 5.78. The van der Waals surface area contributed by atoms with Crippen LogP contribution in [0.25, 0.3) is 0 Å². The van der Waals surface area contributed by atoms with Gasteiger partial charge in [-0.25, -0.2) is 4.79 Å². The molecule has 1 aliphatic heterocycles. The van der Waals surface area contributed by atoms with E-state index in [0.29, 0.717) is 12.5 Å². The molecule has 0 aromatic heterocycles. The van der Waals surface area contributed by atoms with Crippen molar-refractivity contribution < 1.29 is 9.53 Å². The second kappa shape index (κ2) is 8.99. The fraction of sp³-hybridized carbons (Fsp3) is 0.882. The van der Waals surface area contributed by atoms with Crippen molar-refractivity contribution in [2.75, 3.05) is 26.7 Å². The van der Waals surface area contributed by atoms with Gasteiger partial charge in [0.1, 0.15) is 5.60 Å². The van der Waals surface area contributed by atoms with E-state index in [0.717, 1.165) is 19.5 Å². The van der Waals surface area contributed by atoms with E-state index in [1.807, 2.05) is 27.7 Å². The molecule has 1 fully saturated rings. The van der Waals surface area contributed by atoms with Gasteiger partial charge in [0, 0.05) is 32.7 Å². The number of amides is 1. The molecule has 1 saturated heterocycles. The number of guanidine groups is 1. The molecule has 23 heavy (non-hydrogen) atoms. The Morgan fingerprint density at radius 1 is 1.26 bits per heavy atom. The van der Waals surface area contributed by atoms with Crippen LogP contribution in [0.2, 0.25) is 0 Å². The average molecular weight is 326 g/mol. The zero-order valence-corrected chi connectivity index (χ0v) is 15.5. The number of hydrogen-bond donors (Lipinski definition) is 1. The van der Waals surface area contributed by atoms with Crippen LogP contribution in [0.3, 0.4) is 0 Å². The molecule has 0 aliphatic carbocycles. The van der Waals surface area contributed by atoms with Crippen LogP contribution in [0, 0.1) is 0 Å². The van der Waals surface area contributed by atoms with Crippen LogP contribution < -0.4 is 5.73 Å². The zero-order chi connectivity index (χ0) is 17.5. The van der Waals surface area contributed by atoms with Crippen molar-refractivity contribution in [1.29, 1.82) is 0 Å². The van der Waals surface area contributed by atoms with Gasteiger partial charge in [0.05, 0.1) is 0 Å². The lowest BCUT2D eigenvalue weighted by molar-refractivity contribution is 0.0231. The number of rotatable bonds is 4. The van der Waals surface area contributed by atoms with Crippen LogP contribution >= 0.6 is 0 Å². The van der Waals surface area contributed by atoms with Gasteiger partial charge in [-0.15, -0.1) is 0 Å². The molecular formula is C17H34N4O2. The predicted molar refractivity (Wildman–Crippen MR) is 94.6 cm³/mol. The minimum Gasteiger partial charge on any atom is -0.444 e. The molecule has 6 heteroatoms. The first-order valence-electron chi connectivity index (χ1n) is 8.71. The lowest BCUT2D eigenvalue weighted by atomic mass is 10.2. The fourth-order valence-corrected chi connectivity index (χ4v) is 2.47. The quantitative estimate of drug-likeness (QED) is 0.637. The highest BCUT2D eigenvalue weighted by Gasteiger charge is 2.22. The third-order valence-corrected chi connectivity index (χ3v) is 4.09. The molecule has 0 saturated carbocycles. The SMILES string of the molecule is CC(CCN=C(N)N1CCCCCC1)N(C)C(=O)OC(C)(C)C. The Morgan fingerprint density at radius 3 is 2.35 bits per heavy atom. The predicted octanol–water partition coefficient (Wildman–Crippen LogP) is 2.82. The van der Waals surface area contributed by atoms with Crippen molar-refractivity contribution in [2.24, 2.45) is 10.7 Å². The Hall–Kier alpha value is -1.46. The first-order chi connectivity index (χ1) is 10.7. The van der Waals surface area contributed by atoms with E-state index in [-0.39, 0.29) is 12.1 Å². The second-order valence-corrected chi connectivity index (χ2v) is 7.37. The molecular weight excluding hydrogens is 292 g/mol. The summed E-state index contributed by atoms with van der Waals surface area (Å²) in [6.07, 6.45) is 5.41. The summed E-state index contributed by atoms with van der Waals surface area (Å²) < 4.78 is 5.38. The summed E-state index contributed by atoms with van der Waals surface area (Å²) in [7, 11) is 1.76. The molecule has 1 unspecified atom stereocenters. The summed E-state index contributed by atoms with van der Waals surface area (Å²) >= 11 is 0. The van der Waals surface area contributed by atoms with Crippen LogP contribution in [0.1, 0.15) is 59.8 Å². The van der Waals surface area contributed by atoms with Gasteiger partial charge in [0.2, 0.25) is 0 Å². The summed E-state index contributed by atoms with van der Waals surface area (Å²) in [6.45, 7) is 10.2. The number of nitrogens with two attached hydrogens (primary N) is 1. The largest absolute Gasteiger partial charge is 0.444 e. The maximum atomic E-state index is 12.0. The summed E-state index contributed by atoms with van der Waals surface area (Å²) in [5.41, 5.74) is 5.62. The molecule has 2 N–H and O–H groups in total. The van der Waals surface area contributed by atoms with Crippen LogP contribution in [0.5, 0.6) is 0 Å². The molecule has 1 amide bonds. The highest BCUT2D eigenvalue weighted by atomic mass is 16.6. The maximum Gasteiger partial charge on any atom is 0.410 e. The van der Waals surface area contributed by atoms with E-state index in [1.54, 1.807) is 11.9 Å². The van der Waals surface area contributed by atoms with Gasteiger partial charge in [0.25, 0.3) is 0 Å². The molecule has 0 radical (unpaired) electrons. The Morgan fingerprint density at radius 2 is 1.83 bits per heavy atom. The molecule has 134 valence electrons. The molecule has 0 aromatic carbocycles. The average Bonchev–Trinajstić information content (AvgIpc) is 2.73.